The number of rotatable bonds is 4. The van der Waals surface area contributed by atoms with Gasteiger partial charge in [-0.05, 0) is 37.6 Å². The van der Waals surface area contributed by atoms with Crippen LogP contribution in [-0.2, 0) is 4.79 Å². The molecule has 20 heavy (non-hydrogen) atoms. The zero-order chi connectivity index (χ0) is 14.5. The predicted molar refractivity (Wildman–Crippen MR) is 81.4 cm³/mol. The molecule has 3 nitrogen and oxygen atoms in total. The van der Waals surface area contributed by atoms with Gasteiger partial charge in [-0.3, -0.25) is 4.79 Å². The molecule has 1 atom stereocenters. The number of hydrogen-bond donors (Lipinski definition) is 1. The third-order valence-corrected chi connectivity index (χ3v) is 3.23. The summed E-state index contributed by atoms with van der Waals surface area (Å²) < 4.78 is 5.66. The Labute approximate surface area is 123 Å². The van der Waals surface area contributed by atoms with Crippen molar-refractivity contribution in [1.82, 2.24) is 0 Å². The molecule has 0 saturated heterocycles. The molecule has 0 aliphatic rings. The van der Waals surface area contributed by atoms with Gasteiger partial charge >= 0.3 is 0 Å². The molecule has 0 saturated carbocycles. The summed E-state index contributed by atoms with van der Waals surface area (Å²) in [4.78, 5) is 12.1. The van der Waals surface area contributed by atoms with Gasteiger partial charge in [0.05, 0.1) is 10.7 Å². The Morgan fingerprint density at radius 1 is 1.15 bits per heavy atom. The Hall–Kier alpha value is -2.00. The average Bonchev–Trinajstić information content (AvgIpc) is 2.43. The number of aryl methyl sites for hydroxylation is 1. The van der Waals surface area contributed by atoms with E-state index in [4.69, 9.17) is 16.3 Å². The van der Waals surface area contributed by atoms with Crippen molar-refractivity contribution in [1.29, 1.82) is 0 Å². The van der Waals surface area contributed by atoms with E-state index in [9.17, 15) is 4.79 Å². The van der Waals surface area contributed by atoms with Crippen LogP contribution in [0.1, 0.15) is 12.5 Å². The third-order valence-electron chi connectivity index (χ3n) is 2.90. The van der Waals surface area contributed by atoms with E-state index < -0.39 is 6.10 Å². The molecular formula is C16H16ClNO2. The van der Waals surface area contributed by atoms with Crippen molar-refractivity contribution >= 4 is 23.2 Å². The van der Waals surface area contributed by atoms with Crippen LogP contribution in [0.2, 0.25) is 5.02 Å². The molecule has 0 bridgehead atoms. The first-order chi connectivity index (χ1) is 9.58. The number of carbonyl (C=O) groups is 1. The van der Waals surface area contributed by atoms with Crippen LogP contribution in [0, 0.1) is 6.92 Å². The summed E-state index contributed by atoms with van der Waals surface area (Å²) in [6.45, 7) is 3.65. The number of carbonyl (C=O) groups excluding carboxylic acids is 1. The molecule has 0 heterocycles. The lowest BCUT2D eigenvalue weighted by Gasteiger charge is -2.16. The Morgan fingerprint density at radius 2 is 1.80 bits per heavy atom. The number of nitrogens with one attached hydrogen (secondary N) is 1. The summed E-state index contributed by atoms with van der Waals surface area (Å²) in [6, 6.07) is 14.7. The molecule has 104 valence electrons. The third kappa shape index (κ3) is 3.52. The first-order valence-electron chi connectivity index (χ1n) is 6.35. The Bertz CT molecular complexity index is 613. The summed E-state index contributed by atoms with van der Waals surface area (Å²) in [7, 11) is 0. The highest BCUT2D eigenvalue weighted by atomic mass is 35.5. The predicted octanol–water partition coefficient (Wildman–Crippen LogP) is 4.05. The van der Waals surface area contributed by atoms with Crippen LogP contribution < -0.4 is 10.1 Å². The van der Waals surface area contributed by atoms with E-state index in [1.165, 1.54) is 0 Å². The van der Waals surface area contributed by atoms with Crippen LogP contribution in [0.25, 0.3) is 0 Å². The van der Waals surface area contributed by atoms with Crippen molar-refractivity contribution in [2.24, 2.45) is 0 Å². The number of halogens is 1. The largest absolute Gasteiger partial charge is 0.481 e. The van der Waals surface area contributed by atoms with Gasteiger partial charge in [-0.25, -0.2) is 0 Å². The van der Waals surface area contributed by atoms with Crippen molar-refractivity contribution in [3.63, 3.8) is 0 Å². The van der Waals surface area contributed by atoms with E-state index in [1.807, 2.05) is 43.3 Å². The van der Waals surface area contributed by atoms with Crippen LogP contribution >= 0.6 is 11.6 Å². The molecule has 2 aromatic rings. The van der Waals surface area contributed by atoms with Crippen molar-refractivity contribution in [3.05, 3.63) is 59.1 Å². The van der Waals surface area contributed by atoms with Crippen LogP contribution in [0.5, 0.6) is 5.75 Å². The molecule has 0 unspecified atom stereocenters. The monoisotopic (exact) mass is 289 g/mol. The molecule has 0 aromatic heterocycles. The van der Waals surface area contributed by atoms with Crippen molar-refractivity contribution in [3.8, 4) is 5.75 Å². The smallest absolute Gasteiger partial charge is 0.265 e. The van der Waals surface area contributed by atoms with E-state index in [0.717, 1.165) is 5.56 Å². The average molecular weight is 290 g/mol. The van der Waals surface area contributed by atoms with Gasteiger partial charge in [-0.1, -0.05) is 41.9 Å². The Balaban J connectivity index is 2.03. The van der Waals surface area contributed by atoms with Crippen molar-refractivity contribution < 1.29 is 9.53 Å². The maximum Gasteiger partial charge on any atom is 0.265 e. The summed E-state index contributed by atoms with van der Waals surface area (Å²) in [5.74, 6) is 0.468. The van der Waals surface area contributed by atoms with Gasteiger partial charge in [-0.15, -0.1) is 0 Å². The van der Waals surface area contributed by atoms with E-state index in [1.54, 1.807) is 19.1 Å². The number of amides is 1. The van der Waals surface area contributed by atoms with Gasteiger partial charge in [0, 0.05) is 0 Å². The van der Waals surface area contributed by atoms with Gasteiger partial charge in [0.2, 0.25) is 0 Å². The van der Waals surface area contributed by atoms with Crippen LogP contribution in [0.3, 0.4) is 0 Å². The molecule has 0 fully saturated rings. The summed E-state index contributed by atoms with van der Waals surface area (Å²) in [6.07, 6.45) is -0.604. The normalized spacial score (nSPS) is 11.8. The Kier molecular flexibility index (Phi) is 4.64. The van der Waals surface area contributed by atoms with Gasteiger partial charge < -0.3 is 10.1 Å². The van der Waals surface area contributed by atoms with Crippen molar-refractivity contribution in [2.45, 2.75) is 20.0 Å². The number of para-hydroxylation sites is 2. The lowest BCUT2D eigenvalue weighted by Crippen LogP contribution is -2.30. The lowest BCUT2D eigenvalue weighted by atomic mass is 10.2. The second-order valence-corrected chi connectivity index (χ2v) is 4.90. The summed E-state index contributed by atoms with van der Waals surface area (Å²) in [5.41, 5.74) is 1.57. The van der Waals surface area contributed by atoms with E-state index in [2.05, 4.69) is 5.32 Å². The fraction of sp³-hybridized carbons (Fsp3) is 0.188. The fourth-order valence-corrected chi connectivity index (χ4v) is 1.91. The molecule has 2 aromatic carbocycles. The van der Waals surface area contributed by atoms with Crippen LogP contribution in [0.4, 0.5) is 5.69 Å². The maximum atomic E-state index is 12.1. The minimum Gasteiger partial charge on any atom is -0.481 e. The quantitative estimate of drug-likeness (QED) is 0.922. The van der Waals surface area contributed by atoms with E-state index >= 15 is 0 Å². The van der Waals surface area contributed by atoms with E-state index in [0.29, 0.717) is 16.5 Å². The highest BCUT2D eigenvalue weighted by Crippen LogP contribution is 2.22. The minimum atomic E-state index is -0.604. The molecule has 2 rings (SSSR count). The first-order valence-corrected chi connectivity index (χ1v) is 6.73. The fourth-order valence-electron chi connectivity index (χ4n) is 1.73. The van der Waals surface area contributed by atoms with Gasteiger partial charge in [0.25, 0.3) is 5.91 Å². The van der Waals surface area contributed by atoms with Crippen LogP contribution in [0.15, 0.2) is 48.5 Å². The molecule has 0 aliphatic carbocycles. The van der Waals surface area contributed by atoms with Crippen LogP contribution in [-0.4, -0.2) is 12.0 Å². The minimum absolute atomic E-state index is 0.235. The zero-order valence-electron chi connectivity index (χ0n) is 11.4. The number of ether oxygens (including phenoxy) is 1. The molecular weight excluding hydrogens is 274 g/mol. The number of benzene rings is 2. The highest BCUT2D eigenvalue weighted by Gasteiger charge is 2.16. The standard InChI is InChI=1S/C16H16ClNO2/c1-11-7-3-6-10-15(11)20-12(2)16(19)18-14-9-5-4-8-13(14)17/h3-10,12H,1-2H3,(H,18,19)/t12-/m1/s1. The first kappa shape index (κ1) is 14.4. The lowest BCUT2D eigenvalue weighted by molar-refractivity contribution is -0.122. The zero-order valence-corrected chi connectivity index (χ0v) is 12.1. The molecule has 4 heteroatoms. The Morgan fingerprint density at radius 3 is 2.50 bits per heavy atom. The van der Waals surface area contributed by atoms with Gasteiger partial charge in [-0.2, -0.15) is 0 Å². The molecule has 0 radical (unpaired) electrons. The highest BCUT2D eigenvalue weighted by molar-refractivity contribution is 6.33. The second-order valence-electron chi connectivity index (χ2n) is 4.49. The summed E-state index contributed by atoms with van der Waals surface area (Å²) >= 11 is 6.00. The maximum absolute atomic E-state index is 12.1. The summed E-state index contributed by atoms with van der Waals surface area (Å²) in [5, 5.41) is 3.26. The van der Waals surface area contributed by atoms with Crippen molar-refractivity contribution in [2.75, 3.05) is 5.32 Å². The topological polar surface area (TPSA) is 38.3 Å². The SMILES string of the molecule is Cc1ccccc1O[C@H](C)C(=O)Nc1ccccc1Cl. The number of anilines is 1. The second kappa shape index (κ2) is 6.44. The molecule has 1 N–H and O–H groups in total. The molecule has 0 spiro atoms. The van der Waals surface area contributed by atoms with Gasteiger partial charge in [0.15, 0.2) is 6.10 Å². The molecule has 1 amide bonds. The molecule has 0 aliphatic heterocycles. The van der Waals surface area contributed by atoms with E-state index in [-0.39, 0.29) is 5.91 Å². The number of hydrogen-bond acceptors (Lipinski definition) is 2. The van der Waals surface area contributed by atoms with Gasteiger partial charge in [0.1, 0.15) is 5.75 Å².